The zero-order chi connectivity index (χ0) is 14.5. The van der Waals surface area contributed by atoms with Gasteiger partial charge < -0.3 is 14.7 Å². The maximum atomic E-state index is 4.48. The molecule has 1 saturated carbocycles. The minimum atomic E-state index is 0.776. The van der Waals surface area contributed by atoms with Crippen molar-refractivity contribution in [2.45, 2.75) is 31.7 Å². The lowest BCUT2D eigenvalue weighted by Crippen LogP contribution is -2.37. The molecule has 0 saturated heterocycles. The van der Waals surface area contributed by atoms with E-state index in [-0.39, 0.29) is 0 Å². The molecule has 1 aromatic heterocycles. The van der Waals surface area contributed by atoms with Gasteiger partial charge in [-0.25, -0.2) is 9.97 Å². The van der Waals surface area contributed by atoms with Gasteiger partial charge in [0.2, 0.25) is 0 Å². The quantitative estimate of drug-likeness (QED) is 0.793. The van der Waals surface area contributed by atoms with Gasteiger partial charge in [0.05, 0.1) is 0 Å². The van der Waals surface area contributed by atoms with Crippen molar-refractivity contribution < 1.29 is 0 Å². The van der Waals surface area contributed by atoms with Gasteiger partial charge in [0.1, 0.15) is 0 Å². The summed E-state index contributed by atoms with van der Waals surface area (Å²) in [4.78, 5) is 15.6. The molecule has 0 aromatic carbocycles. The summed E-state index contributed by atoms with van der Waals surface area (Å²) in [6.45, 7) is 2.05. The van der Waals surface area contributed by atoms with Gasteiger partial charge in [-0.05, 0) is 19.9 Å². The van der Waals surface area contributed by atoms with E-state index >= 15 is 0 Å². The van der Waals surface area contributed by atoms with E-state index in [0.29, 0.717) is 0 Å². The summed E-state index contributed by atoms with van der Waals surface area (Å²) in [5, 5.41) is 0. The third-order valence-electron chi connectivity index (χ3n) is 4.18. The highest BCUT2D eigenvalue weighted by atomic mass is 15.3. The zero-order valence-electron chi connectivity index (χ0n) is 13.2. The fourth-order valence-electron chi connectivity index (χ4n) is 2.85. The van der Waals surface area contributed by atoms with E-state index in [4.69, 9.17) is 0 Å². The molecule has 0 amide bonds. The SMILES string of the molecule is CN(C)c1nccnc1N(C)CCN(C)C1CCCC1. The molecule has 1 fully saturated rings. The van der Waals surface area contributed by atoms with Crippen LogP contribution < -0.4 is 9.80 Å². The Kier molecular flexibility index (Phi) is 5.17. The Hall–Kier alpha value is -1.36. The molecule has 0 radical (unpaired) electrons. The second-order valence-electron chi connectivity index (χ2n) is 5.94. The van der Waals surface area contributed by atoms with Crippen LogP contribution in [0.5, 0.6) is 0 Å². The molecule has 1 aromatic rings. The predicted molar refractivity (Wildman–Crippen MR) is 84.5 cm³/mol. The molecule has 0 N–H and O–H groups in total. The summed E-state index contributed by atoms with van der Waals surface area (Å²) in [5.41, 5.74) is 0. The standard InChI is InChI=1S/C15H27N5/c1-18(2)14-15(17-10-9-16-14)20(4)12-11-19(3)13-7-5-6-8-13/h9-10,13H,5-8,11-12H2,1-4H3. The highest BCUT2D eigenvalue weighted by molar-refractivity contribution is 5.60. The molecular formula is C15H27N5. The number of anilines is 2. The van der Waals surface area contributed by atoms with Crippen molar-refractivity contribution in [3.8, 4) is 0 Å². The molecule has 0 bridgehead atoms. The number of hydrogen-bond acceptors (Lipinski definition) is 5. The molecule has 0 spiro atoms. The van der Waals surface area contributed by atoms with Crippen molar-refractivity contribution in [2.24, 2.45) is 0 Å². The third-order valence-corrected chi connectivity index (χ3v) is 4.18. The zero-order valence-corrected chi connectivity index (χ0v) is 13.2. The lowest BCUT2D eigenvalue weighted by molar-refractivity contribution is 0.251. The third kappa shape index (κ3) is 3.60. The van der Waals surface area contributed by atoms with Crippen LogP contribution in [0.3, 0.4) is 0 Å². The topological polar surface area (TPSA) is 35.5 Å². The van der Waals surface area contributed by atoms with Gasteiger partial charge in [-0.15, -0.1) is 0 Å². The maximum absolute atomic E-state index is 4.48. The summed E-state index contributed by atoms with van der Waals surface area (Å²) in [5.74, 6) is 1.89. The molecular weight excluding hydrogens is 250 g/mol. The van der Waals surface area contributed by atoms with Crippen LogP contribution >= 0.6 is 0 Å². The van der Waals surface area contributed by atoms with E-state index < -0.39 is 0 Å². The largest absolute Gasteiger partial charge is 0.360 e. The van der Waals surface area contributed by atoms with Crippen LogP contribution in [0.25, 0.3) is 0 Å². The van der Waals surface area contributed by atoms with Crippen LogP contribution in [-0.4, -0.2) is 62.2 Å². The molecule has 5 heteroatoms. The molecule has 0 atom stereocenters. The molecule has 1 aliphatic rings. The molecule has 2 rings (SSSR count). The molecule has 112 valence electrons. The lowest BCUT2D eigenvalue weighted by Gasteiger charge is -2.28. The average molecular weight is 277 g/mol. The van der Waals surface area contributed by atoms with Gasteiger partial charge in [0.25, 0.3) is 0 Å². The van der Waals surface area contributed by atoms with E-state index in [1.54, 1.807) is 12.4 Å². The fourth-order valence-corrected chi connectivity index (χ4v) is 2.85. The smallest absolute Gasteiger partial charge is 0.171 e. The van der Waals surface area contributed by atoms with E-state index in [0.717, 1.165) is 30.8 Å². The Morgan fingerprint density at radius 2 is 1.55 bits per heavy atom. The number of likely N-dealkylation sites (N-methyl/N-ethyl adjacent to an activating group) is 2. The molecule has 1 heterocycles. The lowest BCUT2D eigenvalue weighted by atomic mass is 10.2. The Balaban J connectivity index is 1.92. The van der Waals surface area contributed by atoms with Crippen LogP contribution in [0.4, 0.5) is 11.6 Å². The Labute approximate surface area is 122 Å². The van der Waals surface area contributed by atoms with Gasteiger partial charge in [-0.2, -0.15) is 0 Å². The van der Waals surface area contributed by atoms with Crippen molar-refractivity contribution in [1.29, 1.82) is 0 Å². The van der Waals surface area contributed by atoms with Crippen molar-refractivity contribution in [3.05, 3.63) is 12.4 Å². The maximum Gasteiger partial charge on any atom is 0.171 e. The minimum Gasteiger partial charge on any atom is -0.360 e. The van der Waals surface area contributed by atoms with Crippen molar-refractivity contribution >= 4 is 11.6 Å². The molecule has 0 aliphatic heterocycles. The molecule has 5 nitrogen and oxygen atoms in total. The van der Waals surface area contributed by atoms with Gasteiger partial charge in [-0.1, -0.05) is 12.8 Å². The van der Waals surface area contributed by atoms with E-state index in [9.17, 15) is 0 Å². The van der Waals surface area contributed by atoms with Crippen LogP contribution in [-0.2, 0) is 0 Å². The molecule has 1 aliphatic carbocycles. The van der Waals surface area contributed by atoms with E-state index in [1.807, 2.05) is 19.0 Å². The van der Waals surface area contributed by atoms with Gasteiger partial charge >= 0.3 is 0 Å². The summed E-state index contributed by atoms with van der Waals surface area (Å²) in [6.07, 6.45) is 9.00. The first-order valence-corrected chi connectivity index (χ1v) is 7.49. The number of rotatable bonds is 6. The van der Waals surface area contributed by atoms with Crippen molar-refractivity contribution in [2.75, 3.05) is 51.1 Å². The summed E-state index contributed by atoms with van der Waals surface area (Å²) < 4.78 is 0. The summed E-state index contributed by atoms with van der Waals surface area (Å²) in [6, 6.07) is 0.776. The van der Waals surface area contributed by atoms with Crippen molar-refractivity contribution in [1.82, 2.24) is 14.9 Å². The first-order valence-electron chi connectivity index (χ1n) is 7.49. The van der Waals surface area contributed by atoms with Crippen LogP contribution in [0.2, 0.25) is 0 Å². The summed E-state index contributed by atoms with van der Waals surface area (Å²) >= 11 is 0. The number of aromatic nitrogens is 2. The number of nitrogens with zero attached hydrogens (tertiary/aromatic N) is 5. The average Bonchev–Trinajstić information content (AvgIpc) is 2.98. The monoisotopic (exact) mass is 277 g/mol. The summed E-state index contributed by atoms with van der Waals surface area (Å²) in [7, 11) is 8.35. The van der Waals surface area contributed by atoms with Gasteiger partial charge in [0.15, 0.2) is 11.6 Å². The molecule has 20 heavy (non-hydrogen) atoms. The highest BCUT2D eigenvalue weighted by Gasteiger charge is 2.20. The first kappa shape index (κ1) is 15.0. The number of hydrogen-bond donors (Lipinski definition) is 0. The van der Waals surface area contributed by atoms with Crippen LogP contribution in [0.15, 0.2) is 12.4 Å². The van der Waals surface area contributed by atoms with E-state index in [1.165, 1.54) is 25.7 Å². The Bertz CT molecular complexity index is 414. The normalized spacial score (nSPS) is 15.8. The highest BCUT2D eigenvalue weighted by Crippen LogP contribution is 2.23. The second-order valence-corrected chi connectivity index (χ2v) is 5.94. The minimum absolute atomic E-state index is 0.776. The predicted octanol–water partition coefficient (Wildman–Crippen LogP) is 1.85. The van der Waals surface area contributed by atoms with Gasteiger partial charge in [0, 0.05) is 52.7 Å². The first-order chi connectivity index (χ1) is 9.59. The molecule has 0 unspecified atom stereocenters. The van der Waals surface area contributed by atoms with Crippen LogP contribution in [0, 0.1) is 0 Å². The van der Waals surface area contributed by atoms with Crippen molar-refractivity contribution in [3.63, 3.8) is 0 Å². The van der Waals surface area contributed by atoms with E-state index in [2.05, 4.69) is 33.9 Å². The second kappa shape index (κ2) is 6.88. The Morgan fingerprint density at radius 3 is 2.15 bits per heavy atom. The fraction of sp³-hybridized carbons (Fsp3) is 0.733. The van der Waals surface area contributed by atoms with Crippen LogP contribution in [0.1, 0.15) is 25.7 Å². The van der Waals surface area contributed by atoms with Gasteiger partial charge in [-0.3, -0.25) is 0 Å². The Morgan fingerprint density at radius 1 is 0.950 bits per heavy atom.